The Kier molecular flexibility index (Phi) is 7.74. The van der Waals surface area contributed by atoms with Crippen molar-refractivity contribution in [1.82, 2.24) is 14.5 Å². The molecule has 5 nitrogen and oxygen atoms in total. The first-order chi connectivity index (χ1) is 28.3. The molecule has 11 rings (SSSR count). The number of fused-ring (bicyclic) bond motifs is 5. The Morgan fingerprint density at radius 1 is 0.333 bits per heavy atom. The van der Waals surface area contributed by atoms with Crippen LogP contribution in [0.3, 0.4) is 0 Å². The standard InChI is InChI=1S/C52H34N4O/c1-3-16-35(17-4-1)42-34-43(36-18-5-2-6-19-36)54-52(53-42)39-21-15-20-37(32-39)38-30-31-45-41(33-38)40-22-7-8-23-44(40)55(45)46-24-9-10-25-47(46)56-48-26-11-13-28-50(48)57-51-29-14-12-27-49(51)56/h1-34H. The lowest BCUT2D eigenvalue weighted by Crippen LogP contribution is -2.17. The number of nitrogens with zero attached hydrogens (tertiary/aromatic N) is 4. The van der Waals surface area contributed by atoms with E-state index in [1.54, 1.807) is 0 Å². The molecule has 1 aliphatic rings. The van der Waals surface area contributed by atoms with E-state index >= 15 is 0 Å². The fourth-order valence-electron chi connectivity index (χ4n) is 8.15. The van der Waals surface area contributed by atoms with E-state index in [-0.39, 0.29) is 0 Å². The van der Waals surface area contributed by atoms with Crippen LogP contribution in [0.5, 0.6) is 11.5 Å². The molecule has 0 amide bonds. The second-order valence-electron chi connectivity index (χ2n) is 14.2. The first kappa shape index (κ1) is 32.7. The van der Waals surface area contributed by atoms with Gasteiger partial charge in [-0.3, -0.25) is 0 Å². The molecule has 0 N–H and O–H groups in total. The lowest BCUT2D eigenvalue weighted by molar-refractivity contribution is 0.477. The Hall–Kier alpha value is -7.76. The zero-order valence-corrected chi connectivity index (χ0v) is 30.8. The molecule has 0 aliphatic carbocycles. The van der Waals surface area contributed by atoms with Gasteiger partial charge in [0.25, 0.3) is 0 Å². The van der Waals surface area contributed by atoms with E-state index in [0.29, 0.717) is 5.82 Å². The van der Waals surface area contributed by atoms with Crippen molar-refractivity contribution in [2.75, 3.05) is 4.90 Å². The van der Waals surface area contributed by atoms with Gasteiger partial charge in [0, 0.05) is 27.5 Å². The molecule has 8 aromatic carbocycles. The van der Waals surface area contributed by atoms with Gasteiger partial charge in [-0.2, -0.15) is 0 Å². The van der Waals surface area contributed by atoms with Crippen LogP contribution in [0.1, 0.15) is 0 Å². The molecular formula is C52H34N4O. The van der Waals surface area contributed by atoms with Crippen molar-refractivity contribution in [2.24, 2.45) is 0 Å². The average molecular weight is 731 g/mol. The van der Waals surface area contributed by atoms with Crippen molar-refractivity contribution in [3.05, 3.63) is 206 Å². The second-order valence-corrected chi connectivity index (χ2v) is 14.2. The van der Waals surface area contributed by atoms with Crippen LogP contribution in [0, 0.1) is 0 Å². The maximum Gasteiger partial charge on any atom is 0.160 e. The summed E-state index contributed by atoms with van der Waals surface area (Å²) < 4.78 is 8.79. The number of hydrogen-bond donors (Lipinski definition) is 0. The third-order valence-electron chi connectivity index (χ3n) is 10.8. The largest absolute Gasteiger partial charge is 0.453 e. The summed E-state index contributed by atoms with van der Waals surface area (Å²) in [5.74, 6) is 2.35. The molecule has 57 heavy (non-hydrogen) atoms. The molecular weight excluding hydrogens is 697 g/mol. The highest BCUT2D eigenvalue weighted by molar-refractivity contribution is 6.11. The van der Waals surface area contributed by atoms with Crippen molar-refractivity contribution in [2.45, 2.75) is 0 Å². The van der Waals surface area contributed by atoms with Crippen LogP contribution in [0.4, 0.5) is 17.1 Å². The number of rotatable bonds is 6. The molecule has 268 valence electrons. The third kappa shape index (κ3) is 5.64. The first-order valence-electron chi connectivity index (χ1n) is 19.2. The fraction of sp³-hybridized carbons (Fsp3) is 0. The Morgan fingerprint density at radius 3 is 1.53 bits per heavy atom. The normalized spacial score (nSPS) is 12.0. The predicted octanol–water partition coefficient (Wildman–Crippen LogP) is 13.8. The van der Waals surface area contributed by atoms with E-state index in [2.05, 4.69) is 155 Å². The highest BCUT2D eigenvalue weighted by atomic mass is 16.5. The monoisotopic (exact) mass is 730 g/mol. The second kappa shape index (κ2) is 13.5. The van der Waals surface area contributed by atoms with Crippen molar-refractivity contribution >= 4 is 38.9 Å². The van der Waals surface area contributed by atoms with E-state index in [0.717, 1.165) is 84.5 Å². The van der Waals surface area contributed by atoms with Gasteiger partial charge in [-0.05, 0) is 77.9 Å². The Balaban J connectivity index is 1.05. The van der Waals surface area contributed by atoms with E-state index in [1.165, 1.54) is 10.8 Å². The number of anilines is 3. The van der Waals surface area contributed by atoms with Gasteiger partial charge in [-0.25, -0.2) is 9.97 Å². The van der Waals surface area contributed by atoms with Crippen LogP contribution in [-0.2, 0) is 0 Å². The van der Waals surface area contributed by atoms with Gasteiger partial charge < -0.3 is 14.2 Å². The van der Waals surface area contributed by atoms with Gasteiger partial charge in [0.05, 0.1) is 45.2 Å². The fourth-order valence-corrected chi connectivity index (χ4v) is 8.15. The van der Waals surface area contributed by atoms with Gasteiger partial charge in [-0.15, -0.1) is 0 Å². The Morgan fingerprint density at radius 2 is 0.842 bits per heavy atom. The first-order valence-corrected chi connectivity index (χ1v) is 19.2. The van der Waals surface area contributed by atoms with Crippen LogP contribution < -0.4 is 9.64 Å². The third-order valence-corrected chi connectivity index (χ3v) is 10.8. The molecule has 0 saturated heterocycles. The van der Waals surface area contributed by atoms with Crippen LogP contribution in [0.2, 0.25) is 0 Å². The summed E-state index contributed by atoms with van der Waals surface area (Å²) in [5, 5.41) is 2.37. The van der Waals surface area contributed by atoms with Crippen LogP contribution in [-0.4, -0.2) is 14.5 Å². The van der Waals surface area contributed by atoms with Gasteiger partial charge in [0.1, 0.15) is 0 Å². The van der Waals surface area contributed by atoms with Crippen LogP contribution >= 0.6 is 0 Å². The van der Waals surface area contributed by atoms with Crippen molar-refractivity contribution in [3.63, 3.8) is 0 Å². The van der Waals surface area contributed by atoms with E-state index in [9.17, 15) is 0 Å². The molecule has 1 aliphatic heterocycles. The van der Waals surface area contributed by atoms with Gasteiger partial charge in [-0.1, -0.05) is 140 Å². The minimum atomic E-state index is 0.692. The minimum absolute atomic E-state index is 0.692. The molecule has 0 fully saturated rings. The van der Waals surface area contributed by atoms with Crippen LogP contribution in [0.25, 0.3) is 72.5 Å². The topological polar surface area (TPSA) is 43.2 Å². The summed E-state index contributed by atoms with van der Waals surface area (Å²) in [7, 11) is 0. The molecule has 0 bridgehead atoms. The SMILES string of the molecule is c1ccc(-c2cc(-c3ccccc3)nc(-c3cccc(-c4ccc5c(c4)c4ccccc4n5-c4ccccc4N4c5ccccc5Oc5ccccc54)c3)n2)cc1. The summed E-state index contributed by atoms with van der Waals surface area (Å²) in [6.07, 6.45) is 0. The molecule has 3 heterocycles. The number of ether oxygens (including phenoxy) is 1. The lowest BCUT2D eigenvalue weighted by Gasteiger charge is -2.34. The van der Waals surface area contributed by atoms with E-state index < -0.39 is 0 Å². The maximum atomic E-state index is 6.39. The lowest BCUT2D eigenvalue weighted by atomic mass is 10.00. The zero-order chi connectivity index (χ0) is 37.7. The quantitative estimate of drug-likeness (QED) is 0.171. The molecule has 0 saturated carbocycles. The molecule has 2 aromatic heterocycles. The number of hydrogen-bond acceptors (Lipinski definition) is 4. The minimum Gasteiger partial charge on any atom is -0.453 e. The zero-order valence-electron chi connectivity index (χ0n) is 30.8. The maximum absolute atomic E-state index is 6.39. The van der Waals surface area contributed by atoms with Crippen molar-refractivity contribution in [3.8, 4) is 62.2 Å². The number of benzene rings is 8. The van der Waals surface area contributed by atoms with E-state index in [1.807, 2.05) is 60.7 Å². The summed E-state index contributed by atoms with van der Waals surface area (Å²) in [6.45, 7) is 0. The number of para-hydroxylation sites is 7. The number of aromatic nitrogens is 3. The van der Waals surface area contributed by atoms with Crippen molar-refractivity contribution < 1.29 is 4.74 Å². The summed E-state index contributed by atoms with van der Waals surface area (Å²) in [6, 6.07) is 72.0. The molecule has 0 spiro atoms. The summed E-state index contributed by atoms with van der Waals surface area (Å²) >= 11 is 0. The molecule has 5 heteroatoms. The highest BCUT2D eigenvalue weighted by Gasteiger charge is 2.28. The van der Waals surface area contributed by atoms with E-state index in [4.69, 9.17) is 14.7 Å². The smallest absolute Gasteiger partial charge is 0.160 e. The molecule has 0 unspecified atom stereocenters. The molecule has 10 aromatic rings. The van der Waals surface area contributed by atoms with Gasteiger partial charge in [0.2, 0.25) is 0 Å². The Bertz CT molecular complexity index is 3010. The van der Waals surface area contributed by atoms with Gasteiger partial charge >= 0.3 is 0 Å². The van der Waals surface area contributed by atoms with Gasteiger partial charge in [0.15, 0.2) is 17.3 Å². The van der Waals surface area contributed by atoms with Crippen molar-refractivity contribution in [1.29, 1.82) is 0 Å². The highest BCUT2D eigenvalue weighted by Crippen LogP contribution is 2.52. The average Bonchev–Trinajstić information content (AvgIpc) is 3.62. The molecule has 0 atom stereocenters. The molecule has 0 radical (unpaired) electrons. The predicted molar refractivity (Wildman–Crippen MR) is 233 cm³/mol. The summed E-state index contributed by atoms with van der Waals surface area (Å²) in [4.78, 5) is 12.5. The Labute approximate surface area is 330 Å². The summed E-state index contributed by atoms with van der Waals surface area (Å²) in [5.41, 5.74) is 13.5. The van der Waals surface area contributed by atoms with Crippen LogP contribution in [0.15, 0.2) is 206 Å².